The van der Waals surface area contributed by atoms with E-state index in [-0.39, 0.29) is 11.8 Å². The van der Waals surface area contributed by atoms with Crippen molar-refractivity contribution in [3.63, 3.8) is 0 Å². The Morgan fingerprint density at radius 1 is 1.10 bits per heavy atom. The molecule has 3 rings (SSSR count). The van der Waals surface area contributed by atoms with Crippen molar-refractivity contribution >= 4 is 16.9 Å². The van der Waals surface area contributed by atoms with E-state index in [1.807, 2.05) is 38.1 Å². The van der Waals surface area contributed by atoms with E-state index >= 15 is 0 Å². The predicted molar refractivity (Wildman–Crippen MR) is 122 cm³/mol. The van der Waals surface area contributed by atoms with E-state index in [1.54, 1.807) is 0 Å². The summed E-state index contributed by atoms with van der Waals surface area (Å²) in [5, 5.41) is 2.99. The standard InChI is InChI=1S/C25H33N3O2/c1-18(2)25(29)26-14-13-24-27-22-9-5-6-10-23(22)28(24)15-7-8-16-30-21-12-11-19(3)20(4)17-21/h5-6,9-12,17-18H,7-8,13-16H2,1-4H3,(H,26,29). The number of para-hydroxylation sites is 2. The van der Waals surface area contributed by atoms with Gasteiger partial charge in [0.05, 0.1) is 17.6 Å². The third-order valence-electron chi connectivity index (χ3n) is 5.43. The number of aromatic nitrogens is 2. The number of ether oxygens (including phenoxy) is 1. The highest BCUT2D eigenvalue weighted by atomic mass is 16.5. The van der Waals surface area contributed by atoms with Crippen molar-refractivity contribution in [3.05, 3.63) is 59.4 Å². The van der Waals surface area contributed by atoms with Gasteiger partial charge in [-0.3, -0.25) is 4.79 Å². The van der Waals surface area contributed by atoms with Crippen LogP contribution in [0.3, 0.4) is 0 Å². The SMILES string of the molecule is Cc1ccc(OCCCCn2c(CCNC(=O)C(C)C)nc3ccccc32)cc1C. The molecule has 5 heteroatoms. The Balaban J connectivity index is 1.56. The van der Waals surface area contributed by atoms with Crippen LogP contribution < -0.4 is 10.1 Å². The maximum Gasteiger partial charge on any atom is 0.222 e. The van der Waals surface area contributed by atoms with Gasteiger partial charge >= 0.3 is 0 Å². The van der Waals surface area contributed by atoms with Gasteiger partial charge in [0.2, 0.25) is 5.91 Å². The van der Waals surface area contributed by atoms with Crippen molar-refractivity contribution in [2.24, 2.45) is 5.92 Å². The summed E-state index contributed by atoms with van der Waals surface area (Å²) in [6.45, 7) is 10.2. The number of benzene rings is 2. The molecule has 0 spiro atoms. The van der Waals surface area contributed by atoms with Gasteiger partial charge < -0.3 is 14.6 Å². The van der Waals surface area contributed by atoms with Gasteiger partial charge in [0.1, 0.15) is 11.6 Å². The van der Waals surface area contributed by atoms with Crippen LogP contribution in [0.2, 0.25) is 0 Å². The van der Waals surface area contributed by atoms with Gasteiger partial charge in [-0.25, -0.2) is 4.98 Å². The fraction of sp³-hybridized carbons (Fsp3) is 0.440. The predicted octanol–water partition coefficient (Wildman–Crippen LogP) is 4.83. The summed E-state index contributed by atoms with van der Waals surface area (Å²) in [6.07, 6.45) is 2.71. The van der Waals surface area contributed by atoms with E-state index < -0.39 is 0 Å². The first-order chi connectivity index (χ1) is 14.5. The van der Waals surface area contributed by atoms with Gasteiger partial charge in [-0.15, -0.1) is 0 Å². The van der Waals surface area contributed by atoms with E-state index in [4.69, 9.17) is 9.72 Å². The summed E-state index contributed by atoms with van der Waals surface area (Å²) in [6, 6.07) is 14.5. The van der Waals surface area contributed by atoms with Crippen LogP contribution in [0.5, 0.6) is 5.75 Å². The van der Waals surface area contributed by atoms with E-state index in [0.717, 1.165) is 48.4 Å². The summed E-state index contributed by atoms with van der Waals surface area (Å²) in [5.41, 5.74) is 4.70. The second-order valence-corrected chi connectivity index (χ2v) is 8.17. The highest BCUT2D eigenvalue weighted by Gasteiger charge is 2.11. The lowest BCUT2D eigenvalue weighted by molar-refractivity contribution is -0.123. The Kier molecular flexibility index (Phi) is 7.50. The first-order valence-corrected chi connectivity index (χ1v) is 10.9. The summed E-state index contributed by atoms with van der Waals surface area (Å²) in [5.74, 6) is 2.05. The molecule has 0 aliphatic rings. The average Bonchev–Trinajstić information content (AvgIpc) is 3.07. The number of hydrogen-bond acceptors (Lipinski definition) is 3. The molecule has 2 aromatic carbocycles. The van der Waals surface area contributed by atoms with Gasteiger partial charge in [-0.1, -0.05) is 32.0 Å². The monoisotopic (exact) mass is 407 g/mol. The van der Waals surface area contributed by atoms with Crippen LogP contribution in [0, 0.1) is 19.8 Å². The van der Waals surface area contributed by atoms with Crippen molar-refractivity contribution < 1.29 is 9.53 Å². The van der Waals surface area contributed by atoms with Gasteiger partial charge in [0.25, 0.3) is 0 Å². The number of nitrogens with one attached hydrogen (secondary N) is 1. The Labute approximate surface area is 179 Å². The van der Waals surface area contributed by atoms with Gasteiger partial charge in [-0.2, -0.15) is 0 Å². The molecule has 0 aliphatic carbocycles. The normalized spacial score (nSPS) is 11.2. The van der Waals surface area contributed by atoms with Crippen molar-refractivity contribution in [2.75, 3.05) is 13.2 Å². The summed E-state index contributed by atoms with van der Waals surface area (Å²) in [7, 11) is 0. The number of rotatable bonds is 10. The minimum absolute atomic E-state index is 0.00105. The molecule has 3 aromatic rings. The van der Waals surface area contributed by atoms with Crippen LogP contribution in [0.25, 0.3) is 11.0 Å². The first-order valence-electron chi connectivity index (χ1n) is 10.9. The number of unbranched alkanes of at least 4 members (excludes halogenated alkanes) is 1. The number of aryl methyl sites for hydroxylation is 3. The van der Waals surface area contributed by atoms with Gasteiger partial charge in [0, 0.05) is 25.4 Å². The van der Waals surface area contributed by atoms with Crippen LogP contribution in [-0.2, 0) is 17.8 Å². The molecule has 0 radical (unpaired) electrons. The summed E-state index contributed by atoms with van der Waals surface area (Å²) < 4.78 is 8.20. The van der Waals surface area contributed by atoms with Gasteiger partial charge in [0.15, 0.2) is 0 Å². The molecule has 0 unspecified atom stereocenters. The number of amides is 1. The Morgan fingerprint density at radius 3 is 2.67 bits per heavy atom. The van der Waals surface area contributed by atoms with Crippen LogP contribution in [0.4, 0.5) is 0 Å². The maximum atomic E-state index is 11.8. The van der Waals surface area contributed by atoms with Crippen molar-refractivity contribution in [1.29, 1.82) is 0 Å². The van der Waals surface area contributed by atoms with Crippen LogP contribution >= 0.6 is 0 Å². The molecule has 0 saturated heterocycles. The third-order valence-corrected chi connectivity index (χ3v) is 5.43. The molecule has 5 nitrogen and oxygen atoms in total. The number of carbonyl (C=O) groups is 1. The smallest absolute Gasteiger partial charge is 0.222 e. The largest absolute Gasteiger partial charge is 0.494 e. The lowest BCUT2D eigenvalue weighted by atomic mass is 10.1. The lowest BCUT2D eigenvalue weighted by Gasteiger charge is -2.12. The van der Waals surface area contributed by atoms with E-state index in [0.29, 0.717) is 13.2 Å². The minimum Gasteiger partial charge on any atom is -0.494 e. The quantitative estimate of drug-likeness (QED) is 0.490. The minimum atomic E-state index is 0.00105. The Hall–Kier alpha value is -2.82. The zero-order valence-corrected chi connectivity index (χ0v) is 18.6. The topological polar surface area (TPSA) is 56.1 Å². The highest BCUT2D eigenvalue weighted by Crippen LogP contribution is 2.19. The van der Waals surface area contributed by atoms with E-state index in [9.17, 15) is 4.79 Å². The molecule has 1 heterocycles. The average molecular weight is 408 g/mol. The number of fused-ring (bicyclic) bond motifs is 1. The molecule has 0 aliphatic heterocycles. The molecule has 0 saturated carbocycles. The van der Waals surface area contributed by atoms with Crippen LogP contribution in [0.15, 0.2) is 42.5 Å². The number of nitrogens with zero attached hydrogens (tertiary/aromatic N) is 2. The molecule has 0 atom stereocenters. The van der Waals surface area contributed by atoms with Crippen molar-refractivity contribution in [2.45, 2.75) is 53.5 Å². The molecular formula is C25H33N3O2. The Morgan fingerprint density at radius 2 is 1.90 bits per heavy atom. The molecule has 30 heavy (non-hydrogen) atoms. The maximum absolute atomic E-state index is 11.8. The molecule has 1 aromatic heterocycles. The molecule has 1 N–H and O–H groups in total. The zero-order valence-electron chi connectivity index (χ0n) is 18.6. The van der Waals surface area contributed by atoms with E-state index in [1.165, 1.54) is 11.1 Å². The summed E-state index contributed by atoms with van der Waals surface area (Å²) in [4.78, 5) is 16.6. The highest BCUT2D eigenvalue weighted by molar-refractivity contribution is 5.78. The Bertz CT molecular complexity index is 991. The number of imidazole rings is 1. The second kappa shape index (κ2) is 10.3. The number of hydrogen-bond donors (Lipinski definition) is 1. The fourth-order valence-corrected chi connectivity index (χ4v) is 3.43. The van der Waals surface area contributed by atoms with E-state index in [2.05, 4.69) is 41.9 Å². The molecule has 0 fully saturated rings. The lowest BCUT2D eigenvalue weighted by Crippen LogP contribution is -2.30. The number of carbonyl (C=O) groups excluding carboxylic acids is 1. The zero-order chi connectivity index (χ0) is 21.5. The molecule has 0 bridgehead atoms. The molecule has 1 amide bonds. The van der Waals surface area contributed by atoms with Gasteiger partial charge in [-0.05, 0) is 62.1 Å². The van der Waals surface area contributed by atoms with Crippen molar-refractivity contribution in [3.8, 4) is 5.75 Å². The third kappa shape index (κ3) is 5.62. The molecular weight excluding hydrogens is 374 g/mol. The molecule has 160 valence electrons. The summed E-state index contributed by atoms with van der Waals surface area (Å²) >= 11 is 0. The fourth-order valence-electron chi connectivity index (χ4n) is 3.43. The second-order valence-electron chi connectivity index (χ2n) is 8.17. The first kappa shape index (κ1) is 21.9. The van der Waals surface area contributed by atoms with Crippen LogP contribution in [-0.4, -0.2) is 28.6 Å². The van der Waals surface area contributed by atoms with Crippen LogP contribution in [0.1, 0.15) is 43.6 Å². The van der Waals surface area contributed by atoms with Crippen molar-refractivity contribution in [1.82, 2.24) is 14.9 Å².